The lowest BCUT2D eigenvalue weighted by Gasteiger charge is -1.94. The van der Waals surface area contributed by atoms with Crippen LogP contribution >= 0.6 is 14.1 Å². The highest BCUT2D eigenvalue weighted by atomic mass is 31.2. The van der Waals surface area contributed by atoms with Crippen LogP contribution in [0.4, 0.5) is 17.3 Å². The number of hydrogen-bond acceptors (Lipinski definition) is 0. The van der Waals surface area contributed by atoms with Crippen LogP contribution in [0.5, 0.6) is 0 Å². The maximum absolute atomic E-state index is 9.75. The van der Waals surface area contributed by atoms with Crippen LogP contribution < -0.4 is 4.17 Å². The number of rotatable bonds is 0. The monoisotopic (exact) mass is 253 g/mol. The molecule has 0 rings (SSSR count). The SMILES string of the molecule is CP(C)(C)=[N+]=P(C)(C)C.F[B-](F)(F)F. The zero-order valence-electron chi connectivity index (χ0n) is 9.43. The Kier molecular flexibility index (Phi) is 6.52. The average Bonchev–Trinajstić information content (AvgIpc) is 1.42. The summed E-state index contributed by atoms with van der Waals surface area (Å²) >= 11 is 0. The molecule has 0 saturated heterocycles. The fraction of sp³-hybridized carbons (Fsp3) is 1.00. The molecule has 0 N–H and O–H groups in total. The van der Waals surface area contributed by atoms with Gasteiger partial charge in [0.1, 0.15) is 0 Å². The molecule has 0 bridgehead atoms. The molecule has 0 aliphatic heterocycles. The largest absolute Gasteiger partial charge is 0.673 e. The summed E-state index contributed by atoms with van der Waals surface area (Å²) in [5.74, 6) is 0. The quantitative estimate of drug-likeness (QED) is 0.271. The molecule has 0 heterocycles. The first-order valence-electron chi connectivity index (χ1n) is 3.96. The highest BCUT2D eigenvalue weighted by molar-refractivity contribution is 7.71. The van der Waals surface area contributed by atoms with E-state index in [-0.39, 0.29) is 0 Å². The smallest absolute Gasteiger partial charge is 0.418 e. The summed E-state index contributed by atoms with van der Waals surface area (Å²) in [6, 6.07) is 0. The third-order valence-corrected chi connectivity index (χ3v) is 4.83. The molecule has 0 atom stereocenters. The van der Waals surface area contributed by atoms with Crippen molar-refractivity contribution in [3.05, 3.63) is 0 Å². The van der Waals surface area contributed by atoms with Gasteiger partial charge >= 0.3 is 7.25 Å². The Balaban J connectivity index is 0. The number of halogens is 4. The van der Waals surface area contributed by atoms with E-state index in [9.17, 15) is 17.3 Å². The summed E-state index contributed by atoms with van der Waals surface area (Å²) in [7, 11) is -7.73. The van der Waals surface area contributed by atoms with Crippen LogP contribution in [-0.4, -0.2) is 47.2 Å². The zero-order chi connectivity index (χ0) is 12.2. The van der Waals surface area contributed by atoms with E-state index in [0.29, 0.717) is 0 Å². The molecular weight excluding hydrogens is 235 g/mol. The summed E-state index contributed by atoms with van der Waals surface area (Å²) in [5.41, 5.74) is 0. The van der Waals surface area contributed by atoms with Gasteiger partial charge in [-0.3, -0.25) is 0 Å². The minimum Gasteiger partial charge on any atom is -0.418 e. The van der Waals surface area contributed by atoms with Crippen molar-refractivity contribution in [2.24, 2.45) is 0 Å². The first-order valence-corrected chi connectivity index (χ1v) is 10.1. The second-order valence-electron chi connectivity index (χ2n) is 4.47. The Hall–Kier alpha value is 0.355. The topological polar surface area (TPSA) is 14.1 Å². The molecule has 88 valence electrons. The third-order valence-electron chi connectivity index (χ3n) is 0.537. The van der Waals surface area contributed by atoms with Gasteiger partial charge in [-0.2, -0.15) is 4.17 Å². The number of nitrogens with zero attached hydrogens (tertiary/aromatic N) is 1. The highest BCUT2D eigenvalue weighted by Crippen LogP contribution is 2.38. The maximum Gasteiger partial charge on any atom is 0.673 e. The first-order chi connectivity index (χ1) is 5.71. The van der Waals surface area contributed by atoms with E-state index in [2.05, 4.69) is 40.0 Å². The van der Waals surface area contributed by atoms with Gasteiger partial charge in [-0.1, -0.05) is 0 Å². The van der Waals surface area contributed by atoms with Crippen molar-refractivity contribution in [3.8, 4) is 0 Å². The van der Waals surface area contributed by atoms with Gasteiger partial charge in [-0.25, -0.2) is 0 Å². The maximum atomic E-state index is 9.75. The molecule has 0 amide bonds. The minimum atomic E-state index is -6.00. The Morgan fingerprint density at radius 3 is 0.857 bits per heavy atom. The molecule has 14 heavy (non-hydrogen) atoms. The lowest BCUT2D eigenvalue weighted by atomic mass is 10.3. The summed E-state index contributed by atoms with van der Waals surface area (Å²) in [4.78, 5) is 0. The summed E-state index contributed by atoms with van der Waals surface area (Å²) < 4.78 is 43.8. The molecule has 8 heteroatoms. The summed E-state index contributed by atoms with van der Waals surface area (Å²) in [6.45, 7) is 13.6. The molecule has 0 saturated carbocycles. The van der Waals surface area contributed by atoms with E-state index in [1.807, 2.05) is 0 Å². The molecule has 0 aliphatic carbocycles. The lowest BCUT2D eigenvalue weighted by molar-refractivity contribution is 0.368. The Labute approximate surface area is 83.5 Å². The van der Waals surface area contributed by atoms with Crippen LogP contribution in [0.1, 0.15) is 0 Å². The van der Waals surface area contributed by atoms with Gasteiger partial charge in [0.05, 0.1) is 0 Å². The van der Waals surface area contributed by atoms with Crippen LogP contribution in [0.2, 0.25) is 0 Å². The van der Waals surface area contributed by atoms with Crippen LogP contribution in [0.25, 0.3) is 0 Å². The van der Waals surface area contributed by atoms with Gasteiger partial charge in [0.2, 0.25) is 14.1 Å². The van der Waals surface area contributed by atoms with E-state index in [4.69, 9.17) is 4.17 Å². The van der Waals surface area contributed by atoms with Gasteiger partial charge in [-0.15, -0.1) is 0 Å². The molecule has 0 spiro atoms. The molecule has 0 aromatic heterocycles. The minimum absolute atomic E-state index is 0.863. The van der Waals surface area contributed by atoms with Gasteiger partial charge in [0, 0.05) is 40.0 Å². The van der Waals surface area contributed by atoms with Crippen molar-refractivity contribution in [2.75, 3.05) is 40.0 Å². The van der Waals surface area contributed by atoms with Crippen molar-refractivity contribution in [1.29, 1.82) is 0 Å². The molecule has 0 aliphatic rings. The van der Waals surface area contributed by atoms with Crippen molar-refractivity contribution >= 4 is 21.4 Å². The second-order valence-corrected chi connectivity index (χ2v) is 12.9. The molecule has 0 aromatic rings. The number of hydrogen-bond donors (Lipinski definition) is 0. The van der Waals surface area contributed by atoms with Crippen LogP contribution in [0.15, 0.2) is 0 Å². The van der Waals surface area contributed by atoms with Crippen molar-refractivity contribution in [2.45, 2.75) is 0 Å². The van der Waals surface area contributed by atoms with Gasteiger partial charge in [0.15, 0.2) is 0 Å². The predicted molar refractivity (Wildman–Crippen MR) is 61.7 cm³/mol. The molecular formula is C6H18BF4NP2. The van der Waals surface area contributed by atoms with Crippen molar-refractivity contribution in [3.63, 3.8) is 0 Å². The second kappa shape index (κ2) is 5.44. The van der Waals surface area contributed by atoms with E-state index in [1.165, 1.54) is 0 Å². The Bertz CT molecular complexity index is 238. The molecule has 0 aromatic carbocycles. The molecule has 1 nitrogen and oxygen atoms in total. The fourth-order valence-corrected chi connectivity index (χ4v) is 7.24. The molecule has 0 radical (unpaired) electrons. The van der Waals surface area contributed by atoms with Crippen LogP contribution in [0.3, 0.4) is 0 Å². The summed E-state index contributed by atoms with van der Waals surface area (Å²) in [5, 5.41) is 0. The predicted octanol–water partition coefficient (Wildman–Crippen LogP) is 3.53. The van der Waals surface area contributed by atoms with E-state index < -0.39 is 21.4 Å². The molecule has 0 fully saturated rings. The Morgan fingerprint density at radius 1 is 0.714 bits per heavy atom. The van der Waals surface area contributed by atoms with Crippen LogP contribution in [-0.2, 0) is 0 Å². The standard InChI is InChI=1S/C6H18NP2.BF4/c1-8(2,3)7-9(4,5)6;2-1(3,4)5/h1-6H3;/q+1;-1. The van der Waals surface area contributed by atoms with Crippen LogP contribution in [0, 0.1) is 0 Å². The van der Waals surface area contributed by atoms with E-state index in [1.54, 1.807) is 0 Å². The zero-order valence-corrected chi connectivity index (χ0v) is 11.2. The van der Waals surface area contributed by atoms with Crippen molar-refractivity contribution in [1.82, 2.24) is 4.17 Å². The van der Waals surface area contributed by atoms with E-state index in [0.717, 1.165) is 0 Å². The highest BCUT2D eigenvalue weighted by Gasteiger charge is 2.20. The van der Waals surface area contributed by atoms with Gasteiger partial charge in [0.25, 0.3) is 0 Å². The van der Waals surface area contributed by atoms with Gasteiger partial charge < -0.3 is 17.3 Å². The van der Waals surface area contributed by atoms with E-state index >= 15 is 0 Å². The first kappa shape index (κ1) is 16.8. The molecule has 0 unspecified atom stereocenters. The normalized spacial score (nSPS) is 12.7. The lowest BCUT2D eigenvalue weighted by Crippen LogP contribution is -2.02. The third kappa shape index (κ3) is 39.4. The Morgan fingerprint density at radius 2 is 0.857 bits per heavy atom. The fourth-order valence-electron chi connectivity index (χ4n) is 0.805. The average molecular weight is 253 g/mol. The van der Waals surface area contributed by atoms with Gasteiger partial charge in [-0.05, 0) is 0 Å². The van der Waals surface area contributed by atoms with Crippen molar-refractivity contribution < 1.29 is 17.3 Å². The summed E-state index contributed by atoms with van der Waals surface area (Å²) in [6.07, 6.45) is 0.